The highest BCUT2D eigenvalue weighted by atomic mass is 79.9. The van der Waals surface area contributed by atoms with Gasteiger partial charge in [-0.25, -0.2) is 4.79 Å². The molecule has 1 amide bonds. The maximum atomic E-state index is 10.8. The first-order valence-corrected chi connectivity index (χ1v) is 4.62. The first-order chi connectivity index (χ1) is 6.20. The Morgan fingerprint density at radius 1 is 1.62 bits per heavy atom. The minimum Gasteiger partial charge on any atom is -0.465 e. The zero-order valence-corrected chi connectivity index (χ0v) is 8.28. The Bertz CT molecular complexity index is 367. The van der Waals surface area contributed by atoms with Crippen LogP contribution in [0.5, 0.6) is 0 Å². The Hall–Kier alpha value is -1.10. The second kappa shape index (κ2) is 2.99. The molecular weight excluding hydrogens is 236 g/mol. The van der Waals surface area contributed by atoms with Gasteiger partial charge in [0.15, 0.2) is 0 Å². The van der Waals surface area contributed by atoms with E-state index in [9.17, 15) is 4.79 Å². The molecule has 4 nitrogen and oxygen atoms in total. The smallest absolute Gasteiger partial charge is 0.411 e. The minimum atomic E-state index is -0.918. The fraction of sp³-hybridized carbons (Fsp3) is 0.250. The van der Waals surface area contributed by atoms with Gasteiger partial charge in [-0.05, 0) is 27.9 Å². The zero-order valence-electron chi connectivity index (χ0n) is 6.70. The van der Waals surface area contributed by atoms with Crippen molar-refractivity contribution in [3.63, 3.8) is 0 Å². The standard InChI is InChI=1S/C8H7BrN2O2/c9-6-3-10-4-7-5(6)1-2-11(7)8(12)13/h3-4H,1-2H2,(H,12,13). The fourth-order valence-corrected chi connectivity index (χ4v) is 1.99. The Kier molecular flexibility index (Phi) is 1.95. The molecule has 13 heavy (non-hydrogen) atoms. The second-order valence-corrected chi connectivity index (χ2v) is 3.66. The lowest BCUT2D eigenvalue weighted by atomic mass is 10.2. The van der Waals surface area contributed by atoms with E-state index < -0.39 is 6.09 Å². The SMILES string of the molecule is O=C(O)N1CCc2c(Br)cncc21. The summed E-state index contributed by atoms with van der Waals surface area (Å²) in [7, 11) is 0. The van der Waals surface area contributed by atoms with Crippen molar-refractivity contribution in [2.75, 3.05) is 11.4 Å². The quantitative estimate of drug-likeness (QED) is 0.756. The van der Waals surface area contributed by atoms with Crippen molar-refractivity contribution in [2.45, 2.75) is 6.42 Å². The van der Waals surface area contributed by atoms with Crippen LogP contribution in [0.1, 0.15) is 5.56 Å². The van der Waals surface area contributed by atoms with E-state index in [1.165, 1.54) is 4.90 Å². The van der Waals surface area contributed by atoms with Gasteiger partial charge in [-0.15, -0.1) is 0 Å². The molecule has 1 aromatic heterocycles. The van der Waals surface area contributed by atoms with Gasteiger partial charge in [0.25, 0.3) is 0 Å². The molecule has 0 spiro atoms. The number of nitrogens with zero attached hydrogens (tertiary/aromatic N) is 2. The summed E-state index contributed by atoms with van der Waals surface area (Å²) in [5.41, 5.74) is 1.72. The molecule has 0 saturated heterocycles. The number of anilines is 1. The van der Waals surface area contributed by atoms with Gasteiger partial charge in [-0.1, -0.05) is 0 Å². The minimum absolute atomic E-state index is 0.523. The van der Waals surface area contributed by atoms with Gasteiger partial charge in [-0.3, -0.25) is 9.88 Å². The third-order valence-electron chi connectivity index (χ3n) is 2.09. The topological polar surface area (TPSA) is 53.4 Å². The summed E-state index contributed by atoms with van der Waals surface area (Å²) >= 11 is 3.34. The van der Waals surface area contributed by atoms with E-state index >= 15 is 0 Å². The number of amides is 1. The summed E-state index contributed by atoms with van der Waals surface area (Å²) in [6.45, 7) is 0.523. The van der Waals surface area contributed by atoms with Crippen molar-refractivity contribution in [3.8, 4) is 0 Å². The first kappa shape index (κ1) is 8.50. The lowest BCUT2D eigenvalue weighted by Crippen LogP contribution is -2.26. The van der Waals surface area contributed by atoms with Gasteiger partial charge in [0, 0.05) is 17.2 Å². The van der Waals surface area contributed by atoms with E-state index in [4.69, 9.17) is 5.11 Å². The third-order valence-corrected chi connectivity index (χ3v) is 2.77. The van der Waals surface area contributed by atoms with E-state index in [1.807, 2.05) is 0 Å². The van der Waals surface area contributed by atoms with Crippen LogP contribution >= 0.6 is 15.9 Å². The molecule has 0 aliphatic carbocycles. The summed E-state index contributed by atoms with van der Waals surface area (Å²) in [4.78, 5) is 16.0. The monoisotopic (exact) mass is 242 g/mol. The van der Waals surface area contributed by atoms with E-state index in [0.717, 1.165) is 16.5 Å². The molecular formula is C8H7BrN2O2. The molecule has 0 fully saturated rings. The summed E-state index contributed by atoms with van der Waals surface area (Å²) in [6.07, 6.45) is 3.11. The van der Waals surface area contributed by atoms with Crippen LogP contribution in [0.25, 0.3) is 0 Å². The highest BCUT2D eigenvalue weighted by Crippen LogP contribution is 2.32. The van der Waals surface area contributed by atoms with E-state index in [2.05, 4.69) is 20.9 Å². The number of rotatable bonds is 0. The first-order valence-electron chi connectivity index (χ1n) is 3.83. The van der Waals surface area contributed by atoms with Crippen molar-refractivity contribution in [2.24, 2.45) is 0 Å². The summed E-state index contributed by atoms with van der Waals surface area (Å²) in [5.74, 6) is 0. The average Bonchev–Trinajstić information content (AvgIpc) is 2.48. The largest absolute Gasteiger partial charge is 0.465 e. The van der Waals surface area contributed by atoms with Crippen molar-refractivity contribution in [1.29, 1.82) is 0 Å². The summed E-state index contributed by atoms with van der Waals surface area (Å²) < 4.78 is 0.883. The number of fused-ring (bicyclic) bond motifs is 1. The molecule has 0 bridgehead atoms. The number of hydrogen-bond acceptors (Lipinski definition) is 2. The van der Waals surface area contributed by atoms with Crippen LogP contribution in [0.3, 0.4) is 0 Å². The predicted molar refractivity (Wildman–Crippen MR) is 51.0 cm³/mol. The van der Waals surface area contributed by atoms with Crippen LogP contribution in [-0.2, 0) is 6.42 Å². The van der Waals surface area contributed by atoms with Gasteiger partial charge in [0.2, 0.25) is 0 Å². The van der Waals surface area contributed by atoms with Crippen LogP contribution < -0.4 is 4.90 Å². The van der Waals surface area contributed by atoms with Gasteiger partial charge in [-0.2, -0.15) is 0 Å². The number of carboxylic acid groups (broad SMARTS) is 1. The molecule has 0 aromatic carbocycles. The maximum absolute atomic E-state index is 10.8. The predicted octanol–water partition coefficient (Wildman–Crippen LogP) is 1.88. The second-order valence-electron chi connectivity index (χ2n) is 2.80. The Morgan fingerprint density at radius 2 is 2.38 bits per heavy atom. The van der Waals surface area contributed by atoms with Crippen molar-refractivity contribution < 1.29 is 9.90 Å². The van der Waals surface area contributed by atoms with E-state index in [1.54, 1.807) is 12.4 Å². The third kappa shape index (κ3) is 1.29. The molecule has 1 aliphatic rings. The van der Waals surface area contributed by atoms with Gasteiger partial charge < -0.3 is 5.11 Å². The Balaban J connectivity index is 2.49. The van der Waals surface area contributed by atoms with E-state index in [-0.39, 0.29) is 0 Å². The van der Waals surface area contributed by atoms with Crippen LogP contribution in [0.4, 0.5) is 10.5 Å². The van der Waals surface area contributed by atoms with Gasteiger partial charge in [0.1, 0.15) is 0 Å². The van der Waals surface area contributed by atoms with Crippen LogP contribution in [0.2, 0.25) is 0 Å². The molecule has 5 heteroatoms. The number of pyridine rings is 1. The number of halogens is 1. The summed E-state index contributed by atoms with van der Waals surface area (Å²) in [6, 6.07) is 0. The van der Waals surface area contributed by atoms with Crippen LogP contribution in [0, 0.1) is 0 Å². The molecule has 1 aromatic rings. The lowest BCUT2D eigenvalue weighted by Gasteiger charge is -2.11. The fourth-order valence-electron chi connectivity index (χ4n) is 1.47. The molecule has 2 rings (SSSR count). The molecule has 1 aliphatic heterocycles. The Morgan fingerprint density at radius 3 is 3.08 bits per heavy atom. The molecule has 68 valence electrons. The van der Waals surface area contributed by atoms with E-state index in [0.29, 0.717) is 12.2 Å². The molecule has 0 atom stereocenters. The molecule has 1 N–H and O–H groups in total. The van der Waals surface area contributed by atoms with Crippen molar-refractivity contribution in [3.05, 3.63) is 22.4 Å². The lowest BCUT2D eigenvalue weighted by molar-refractivity contribution is 0.202. The molecule has 2 heterocycles. The van der Waals surface area contributed by atoms with Crippen molar-refractivity contribution in [1.82, 2.24) is 4.98 Å². The van der Waals surface area contributed by atoms with Crippen molar-refractivity contribution >= 4 is 27.7 Å². The molecule has 0 unspecified atom stereocenters. The average molecular weight is 243 g/mol. The normalized spacial score (nSPS) is 14.4. The maximum Gasteiger partial charge on any atom is 0.411 e. The molecule has 0 saturated carbocycles. The molecule has 0 radical (unpaired) electrons. The summed E-state index contributed by atoms with van der Waals surface area (Å²) in [5, 5.41) is 8.83. The number of hydrogen-bond donors (Lipinski definition) is 1. The zero-order chi connectivity index (χ0) is 9.42. The highest BCUT2D eigenvalue weighted by Gasteiger charge is 2.25. The highest BCUT2D eigenvalue weighted by molar-refractivity contribution is 9.10. The Labute approximate surface area is 83.3 Å². The van der Waals surface area contributed by atoms with Crippen LogP contribution in [-0.4, -0.2) is 22.7 Å². The van der Waals surface area contributed by atoms with Crippen LogP contribution in [0.15, 0.2) is 16.9 Å². The van der Waals surface area contributed by atoms with Gasteiger partial charge in [0.05, 0.1) is 11.9 Å². The number of carbonyl (C=O) groups is 1. The van der Waals surface area contributed by atoms with Gasteiger partial charge >= 0.3 is 6.09 Å². The number of aromatic nitrogens is 1.